The van der Waals surface area contributed by atoms with Crippen molar-refractivity contribution in [3.8, 4) is 0 Å². The first kappa shape index (κ1) is 20.5. The van der Waals surface area contributed by atoms with Gasteiger partial charge in [-0.25, -0.2) is 0 Å². The van der Waals surface area contributed by atoms with E-state index in [1.807, 2.05) is 0 Å². The van der Waals surface area contributed by atoms with Crippen LogP contribution in [0.4, 0.5) is 12.9 Å². The maximum atomic E-state index is 9.67. The predicted octanol–water partition coefficient (Wildman–Crippen LogP) is 6.95. The highest BCUT2D eigenvalue weighted by Gasteiger charge is 2.37. The second-order valence-electron chi connectivity index (χ2n) is 6.46. The SMILES string of the molecule is FB(F)F.c1ccc(C(c2ccccc2)(c2ccccc2)c2ccccc2)cc1. The minimum Gasteiger partial charge on any atom is -0.254 e. The fraction of sp³-hybridized carbons (Fsp3) is 0.0400. The molecule has 4 aromatic carbocycles. The molecule has 4 heteroatoms. The minimum atomic E-state index is -3.67. The van der Waals surface area contributed by atoms with Crippen molar-refractivity contribution in [3.63, 3.8) is 0 Å². The van der Waals surface area contributed by atoms with Gasteiger partial charge in [-0.2, -0.15) is 0 Å². The lowest BCUT2D eigenvalue weighted by atomic mass is 9.65. The Kier molecular flexibility index (Phi) is 6.91. The van der Waals surface area contributed by atoms with Gasteiger partial charge < -0.3 is 0 Å². The average Bonchev–Trinajstić information content (AvgIpc) is 2.77. The Hall–Kier alpha value is -3.27. The molecule has 4 aromatic rings. The Morgan fingerprint density at radius 3 is 0.724 bits per heavy atom. The van der Waals surface area contributed by atoms with Gasteiger partial charge >= 0.3 is 7.54 Å². The molecule has 4 rings (SSSR count). The molecule has 0 aliphatic carbocycles. The Labute approximate surface area is 169 Å². The van der Waals surface area contributed by atoms with Gasteiger partial charge in [0.1, 0.15) is 0 Å². The van der Waals surface area contributed by atoms with Crippen LogP contribution in [0, 0.1) is 0 Å². The van der Waals surface area contributed by atoms with E-state index in [0.717, 1.165) is 0 Å². The smallest absolute Gasteiger partial charge is 0.254 e. The molecule has 0 N–H and O–H groups in total. The summed E-state index contributed by atoms with van der Waals surface area (Å²) in [6, 6.07) is 43.1. The zero-order chi connectivity index (χ0) is 20.5. The van der Waals surface area contributed by atoms with E-state index in [9.17, 15) is 12.9 Å². The van der Waals surface area contributed by atoms with Crippen molar-refractivity contribution in [2.24, 2.45) is 0 Å². The molecule has 0 atom stereocenters. The summed E-state index contributed by atoms with van der Waals surface area (Å²) in [5, 5.41) is 0. The van der Waals surface area contributed by atoms with Crippen LogP contribution in [0.2, 0.25) is 0 Å². The molecule has 0 aliphatic rings. The van der Waals surface area contributed by atoms with Crippen LogP contribution in [0.15, 0.2) is 121 Å². The van der Waals surface area contributed by atoms with E-state index in [-0.39, 0.29) is 5.41 Å². The first-order valence-corrected chi connectivity index (χ1v) is 9.30. The van der Waals surface area contributed by atoms with Crippen LogP contribution < -0.4 is 0 Å². The minimum absolute atomic E-state index is 0.328. The first-order chi connectivity index (χ1) is 14.2. The molecule has 0 saturated heterocycles. The summed E-state index contributed by atoms with van der Waals surface area (Å²) in [6.07, 6.45) is 0. The summed E-state index contributed by atoms with van der Waals surface area (Å²) >= 11 is 0. The van der Waals surface area contributed by atoms with Crippen molar-refractivity contribution >= 4 is 7.54 Å². The van der Waals surface area contributed by atoms with Gasteiger partial charge in [-0.1, -0.05) is 121 Å². The molecular weight excluding hydrogens is 368 g/mol. The van der Waals surface area contributed by atoms with Gasteiger partial charge in [0.15, 0.2) is 0 Å². The molecule has 0 aliphatic heterocycles. The van der Waals surface area contributed by atoms with Gasteiger partial charge in [0.2, 0.25) is 0 Å². The van der Waals surface area contributed by atoms with E-state index in [4.69, 9.17) is 0 Å². The lowest BCUT2D eigenvalue weighted by molar-refractivity contribution is 0.535. The zero-order valence-electron chi connectivity index (χ0n) is 15.8. The summed E-state index contributed by atoms with van der Waals surface area (Å²) in [6.45, 7) is 0. The van der Waals surface area contributed by atoms with E-state index >= 15 is 0 Å². The van der Waals surface area contributed by atoms with Gasteiger partial charge in [0, 0.05) is 0 Å². The molecule has 0 radical (unpaired) electrons. The summed E-state index contributed by atoms with van der Waals surface area (Å²) in [7, 11) is -3.67. The molecule has 0 bridgehead atoms. The topological polar surface area (TPSA) is 0 Å². The Morgan fingerprint density at radius 2 is 0.552 bits per heavy atom. The average molecular weight is 388 g/mol. The number of hydrogen-bond donors (Lipinski definition) is 0. The number of rotatable bonds is 4. The maximum Gasteiger partial charge on any atom is 0.762 e. The molecule has 0 saturated carbocycles. The monoisotopic (exact) mass is 388 g/mol. The largest absolute Gasteiger partial charge is 0.762 e. The standard InChI is InChI=1S/C25H20.BF3/c1-5-13-21(14-6-1)25(22-15-7-2-8-16-22,23-17-9-3-10-18-23)24-19-11-4-12-20-24;2-1(3)4/h1-20H;. The Bertz CT molecular complexity index is 809. The zero-order valence-corrected chi connectivity index (χ0v) is 15.8. The third-order valence-corrected chi connectivity index (χ3v) is 4.83. The molecule has 0 amide bonds. The van der Waals surface area contributed by atoms with Crippen LogP contribution in [0.5, 0.6) is 0 Å². The van der Waals surface area contributed by atoms with Gasteiger partial charge in [0.25, 0.3) is 0 Å². The van der Waals surface area contributed by atoms with Crippen LogP contribution in [-0.4, -0.2) is 7.54 Å². The van der Waals surface area contributed by atoms with Gasteiger partial charge in [0.05, 0.1) is 5.41 Å². The highest BCUT2D eigenvalue weighted by molar-refractivity contribution is 6.33. The summed E-state index contributed by atoms with van der Waals surface area (Å²) in [5.74, 6) is 0. The predicted molar refractivity (Wildman–Crippen MR) is 114 cm³/mol. The van der Waals surface area contributed by atoms with Crippen molar-refractivity contribution in [1.82, 2.24) is 0 Å². The number of benzene rings is 4. The van der Waals surface area contributed by atoms with Crippen LogP contribution in [0.3, 0.4) is 0 Å². The molecule has 0 unspecified atom stereocenters. The molecule has 0 spiro atoms. The fourth-order valence-corrected chi connectivity index (χ4v) is 3.75. The van der Waals surface area contributed by atoms with E-state index < -0.39 is 7.54 Å². The van der Waals surface area contributed by atoms with Crippen molar-refractivity contribution in [2.45, 2.75) is 5.41 Å². The molecule has 0 heterocycles. The summed E-state index contributed by atoms with van der Waals surface area (Å²) in [4.78, 5) is 0. The molecule has 0 aromatic heterocycles. The summed E-state index contributed by atoms with van der Waals surface area (Å²) < 4.78 is 29.0. The Balaban J connectivity index is 0.000000552. The molecule has 144 valence electrons. The second-order valence-corrected chi connectivity index (χ2v) is 6.46. The second kappa shape index (κ2) is 9.79. The number of halogens is 3. The van der Waals surface area contributed by atoms with Gasteiger partial charge in [-0.15, -0.1) is 0 Å². The quantitative estimate of drug-likeness (QED) is 0.262. The Morgan fingerprint density at radius 1 is 0.379 bits per heavy atom. The third-order valence-electron chi connectivity index (χ3n) is 4.83. The molecule has 29 heavy (non-hydrogen) atoms. The highest BCUT2D eigenvalue weighted by Crippen LogP contribution is 2.44. The van der Waals surface area contributed by atoms with Crippen molar-refractivity contribution in [2.75, 3.05) is 0 Å². The third kappa shape index (κ3) is 4.60. The molecule has 0 nitrogen and oxygen atoms in total. The van der Waals surface area contributed by atoms with Crippen molar-refractivity contribution in [3.05, 3.63) is 144 Å². The van der Waals surface area contributed by atoms with Crippen molar-refractivity contribution < 1.29 is 12.9 Å². The normalized spacial score (nSPS) is 10.6. The van der Waals surface area contributed by atoms with E-state index in [1.165, 1.54) is 22.3 Å². The summed E-state index contributed by atoms with van der Waals surface area (Å²) in [5.41, 5.74) is 4.78. The fourth-order valence-electron chi connectivity index (χ4n) is 3.75. The van der Waals surface area contributed by atoms with Gasteiger partial charge in [-0.3, -0.25) is 12.9 Å². The van der Waals surface area contributed by atoms with E-state index in [2.05, 4.69) is 121 Å². The lowest BCUT2D eigenvalue weighted by Gasteiger charge is -2.36. The van der Waals surface area contributed by atoms with E-state index in [0.29, 0.717) is 0 Å². The van der Waals surface area contributed by atoms with E-state index in [1.54, 1.807) is 0 Å². The first-order valence-electron chi connectivity index (χ1n) is 9.30. The van der Waals surface area contributed by atoms with Crippen LogP contribution >= 0.6 is 0 Å². The van der Waals surface area contributed by atoms with Crippen molar-refractivity contribution in [1.29, 1.82) is 0 Å². The highest BCUT2D eigenvalue weighted by atomic mass is 19.4. The molecular formula is C25H20BF3. The number of hydrogen-bond acceptors (Lipinski definition) is 0. The molecule has 0 fully saturated rings. The maximum absolute atomic E-state index is 9.67. The lowest BCUT2D eigenvalue weighted by Crippen LogP contribution is -2.30. The van der Waals surface area contributed by atoms with Gasteiger partial charge in [-0.05, 0) is 22.3 Å². The van der Waals surface area contributed by atoms with Crippen LogP contribution in [0.25, 0.3) is 0 Å². The van der Waals surface area contributed by atoms with Crippen LogP contribution in [-0.2, 0) is 5.41 Å². The van der Waals surface area contributed by atoms with Crippen LogP contribution in [0.1, 0.15) is 22.3 Å².